The van der Waals surface area contributed by atoms with Gasteiger partial charge in [0.15, 0.2) is 5.69 Å². The van der Waals surface area contributed by atoms with Gasteiger partial charge in [-0.25, -0.2) is 0 Å². The van der Waals surface area contributed by atoms with Gasteiger partial charge in [0.2, 0.25) is 5.91 Å². The van der Waals surface area contributed by atoms with Crippen molar-refractivity contribution in [2.45, 2.75) is 45.7 Å². The molecular weight excluding hydrogens is 394 g/mol. The smallest absolute Gasteiger partial charge is 0.272 e. The van der Waals surface area contributed by atoms with E-state index < -0.39 is 0 Å². The minimum Gasteiger partial charge on any atom is -0.350 e. The molecule has 0 aliphatic carbocycles. The highest BCUT2D eigenvalue weighted by molar-refractivity contribution is 5.98. The molecule has 2 aromatic rings. The first kappa shape index (κ1) is 21.1. The van der Waals surface area contributed by atoms with E-state index in [0.717, 1.165) is 43.5 Å². The summed E-state index contributed by atoms with van der Waals surface area (Å²) in [4.78, 5) is 41.4. The lowest BCUT2D eigenvalue weighted by molar-refractivity contribution is -0.129. The predicted octanol–water partition coefficient (Wildman–Crippen LogP) is 1.98. The SMILES string of the molecule is Cc1ccccc1CN1CCCn2nc(C(=O)NCCC(=O)N3CCCC3)cc2C1=O. The van der Waals surface area contributed by atoms with E-state index in [9.17, 15) is 14.4 Å². The van der Waals surface area contributed by atoms with Crippen LogP contribution in [0, 0.1) is 6.92 Å². The number of aromatic nitrogens is 2. The molecule has 1 fully saturated rings. The van der Waals surface area contributed by atoms with Gasteiger partial charge in [-0.05, 0) is 37.3 Å². The topological polar surface area (TPSA) is 87.5 Å². The highest BCUT2D eigenvalue weighted by Gasteiger charge is 2.26. The normalized spacial score (nSPS) is 16.2. The second kappa shape index (κ2) is 9.32. The molecule has 1 saturated heterocycles. The van der Waals surface area contributed by atoms with Gasteiger partial charge in [-0.3, -0.25) is 19.1 Å². The van der Waals surface area contributed by atoms with Crippen LogP contribution in [-0.2, 0) is 17.9 Å². The summed E-state index contributed by atoms with van der Waals surface area (Å²) >= 11 is 0. The van der Waals surface area contributed by atoms with Gasteiger partial charge in [-0.1, -0.05) is 24.3 Å². The monoisotopic (exact) mass is 423 g/mol. The third-order valence-electron chi connectivity index (χ3n) is 6.02. The Morgan fingerprint density at radius 2 is 1.84 bits per heavy atom. The fourth-order valence-corrected chi connectivity index (χ4v) is 4.19. The molecule has 3 amide bonds. The van der Waals surface area contributed by atoms with Crippen LogP contribution in [0.25, 0.3) is 0 Å². The zero-order valence-corrected chi connectivity index (χ0v) is 18.0. The zero-order valence-electron chi connectivity index (χ0n) is 18.0. The average molecular weight is 424 g/mol. The van der Waals surface area contributed by atoms with Gasteiger partial charge in [-0.2, -0.15) is 5.10 Å². The molecule has 1 N–H and O–H groups in total. The van der Waals surface area contributed by atoms with Crippen molar-refractivity contribution in [3.05, 3.63) is 52.8 Å². The number of fused-ring (bicyclic) bond motifs is 1. The number of amides is 3. The lowest BCUT2D eigenvalue weighted by Crippen LogP contribution is -2.33. The van der Waals surface area contributed by atoms with Gasteiger partial charge in [0.05, 0.1) is 0 Å². The van der Waals surface area contributed by atoms with Crippen LogP contribution in [0.3, 0.4) is 0 Å². The average Bonchev–Trinajstić information content (AvgIpc) is 3.42. The number of hydrogen-bond acceptors (Lipinski definition) is 4. The number of aryl methyl sites for hydroxylation is 2. The van der Waals surface area contributed by atoms with Crippen LogP contribution in [0.5, 0.6) is 0 Å². The zero-order chi connectivity index (χ0) is 21.8. The maximum atomic E-state index is 13.1. The predicted molar refractivity (Wildman–Crippen MR) is 116 cm³/mol. The van der Waals surface area contributed by atoms with Crippen molar-refractivity contribution in [3.63, 3.8) is 0 Å². The molecule has 0 saturated carbocycles. The van der Waals surface area contributed by atoms with E-state index in [1.807, 2.05) is 41.0 Å². The Hall–Kier alpha value is -3.16. The van der Waals surface area contributed by atoms with E-state index in [1.165, 1.54) is 0 Å². The van der Waals surface area contributed by atoms with Crippen LogP contribution >= 0.6 is 0 Å². The summed E-state index contributed by atoms with van der Waals surface area (Å²) in [6.45, 7) is 5.70. The van der Waals surface area contributed by atoms with Gasteiger partial charge in [0, 0.05) is 51.8 Å². The Labute approximate surface area is 182 Å². The fourth-order valence-electron chi connectivity index (χ4n) is 4.19. The van der Waals surface area contributed by atoms with E-state index in [2.05, 4.69) is 10.4 Å². The number of carbonyl (C=O) groups is 3. The number of rotatable bonds is 6. The second-order valence-electron chi connectivity index (χ2n) is 8.24. The van der Waals surface area contributed by atoms with E-state index in [0.29, 0.717) is 25.3 Å². The van der Waals surface area contributed by atoms with Gasteiger partial charge >= 0.3 is 0 Å². The van der Waals surface area contributed by atoms with Crippen molar-refractivity contribution in [2.75, 3.05) is 26.2 Å². The first-order valence-electron chi connectivity index (χ1n) is 11.0. The Balaban J connectivity index is 1.38. The standard InChI is InChI=1S/C23H29N5O3/c1-17-7-2-3-8-18(17)16-27-13-6-14-28-20(23(27)31)15-19(25-28)22(30)24-10-9-21(29)26-11-4-5-12-26/h2-3,7-8,15H,4-6,9-14,16H2,1H3,(H,24,30). The first-order chi connectivity index (χ1) is 15.0. The van der Waals surface area contributed by atoms with E-state index in [1.54, 1.807) is 10.7 Å². The van der Waals surface area contributed by atoms with Crippen molar-refractivity contribution < 1.29 is 14.4 Å². The van der Waals surface area contributed by atoms with Gasteiger partial charge in [0.1, 0.15) is 5.69 Å². The molecular formula is C23H29N5O3. The summed E-state index contributed by atoms with van der Waals surface area (Å²) in [6.07, 6.45) is 3.15. The molecule has 1 aromatic carbocycles. The molecule has 4 rings (SSSR count). The number of hydrogen-bond donors (Lipinski definition) is 1. The van der Waals surface area contributed by atoms with Crippen LogP contribution < -0.4 is 5.32 Å². The molecule has 8 nitrogen and oxygen atoms in total. The molecule has 0 spiro atoms. The minimum atomic E-state index is -0.354. The van der Waals surface area contributed by atoms with E-state index in [-0.39, 0.29) is 36.4 Å². The number of benzene rings is 1. The highest BCUT2D eigenvalue weighted by Crippen LogP contribution is 2.18. The second-order valence-corrected chi connectivity index (χ2v) is 8.24. The van der Waals surface area contributed by atoms with Crippen molar-refractivity contribution in [1.82, 2.24) is 24.9 Å². The van der Waals surface area contributed by atoms with Gasteiger partial charge in [-0.15, -0.1) is 0 Å². The van der Waals surface area contributed by atoms with Crippen molar-refractivity contribution in [3.8, 4) is 0 Å². The van der Waals surface area contributed by atoms with E-state index in [4.69, 9.17) is 0 Å². The molecule has 0 unspecified atom stereocenters. The quantitative estimate of drug-likeness (QED) is 0.770. The number of nitrogens with one attached hydrogen (secondary N) is 1. The van der Waals surface area contributed by atoms with Crippen molar-refractivity contribution in [2.24, 2.45) is 0 Å². The van der Waals surface area contributed by atoms with Crippen molar-refractivity contribution >= 4 is 17.7 Å². The minimum absolute atomic E-state index is 0.0699. The largest absolute Gasteiger partial charge is 0.350 e. The summed E-state index contributed by atoms with van der Waals surface area (Å²) < 4.78 is 1.63. The van der Waals surface area contributed by atoms with Crippen LogP contribution in [0.1, 0.15) is 57.8 Å². The Morgan fingerprint density at radius 3 is 2.61 bits per heavy atom. The molecule has 2 aliphatic heterocycles. The lowest BCUT2D eigenvalue weighted by Gasteiger charge is -2.21. The maximum Gasteiger partial charge on any atom is 0.272 e. The Morgan fingerprint density at radius 1 is 1.06 bits per heavy atom. The molecule has 3 heterocycles. The van der Waals surface area contributed by atoms with Gasteiger partial charge < -0.3 is 15.1 Å². The summed E-state index contributed by atoms with van der Waals surface area (Å²) in [5, 5.41) is 7.12. The van der Waals surface area contributed by atoms with Crippen LogP contribution in [0.4, 0.5) is 0 Å². The summed E-state index contributed by atoms with van der Waals surface area (Å²) in [5.74, 6) is -0.398. The van der Waals surface area contributed by atoms with Crippen LogP contribution in [0.2, 0.25) is 0 Å². The third-order valence-corrected chi connectivity index (χ3v) is 6.02. The molecule has 1 aromatic heterocycles. The molecule has 31 heavy (non-hydrogen) atoms. The Kier molecular flexibility index (Phi) is 6.34. The number of likely N-dealkylation sites (tertiary alicyclic amines) is 1. The van der Waals surface area contributed by atoms with Crippen LogP contribution in [-0.4, -0.2) is 63.5 Å². The van der Waals surface area contributed by atoms with Crippen molar-refractivity contribution in [1.29, 1.82) is 0 Å². The summed E-state index contributed by atoms with van der Waals surface area (Å²) in [5.41, 5.74) is 2.92. The number of nitrogens with zero attached hydrogens (tertiary/aromatic N) is 4. The molecule has 2 aliphatic rings. The first-order valence-corrected chi connectivity index (χ1v) is 11.0. The molecule has 0 radical (unpaired) electrons. The molecule has 0 bridgehead atoms. The van der Waals surface area contributed by atoms with Gasteiger partial charge in [0.25, 0.3) is 11.8 Å². The summed E-state index contributed by atoms with van der Waals surface area (Å²) in [6, 6.07) is 9.61. The van der Waals surface area contributed by atoms with E-state index >= 15 is 0 Å². The number of carbonyl (C=O) groups excluding carboxylic acids is 3. The lowest BCUT2D eigenvalue weighted by atomic mass is 10.1. The Bertz CT molecular complexity index is 977. The summed E-state index contributed by atoms with van der Waals surface area (Å²) in [7, 11) is 0. The van der Waals surface area contributed by atoms with Crippen LogP contribution in [0.15, 0.2) is 30.3 Å². The molecule has 0 atom stereocenters. The maximum absolute atomic E-state index is 13.1. The third kappa shape index (κ3) is 4.78. The fraction of sp³-hybridized carbons (Fsp3) is 0.478. The molecule has 164 valence electrons. The highest BCUT2D eigenvalue weighted by atomic mass is 16.2. The molecule has 8 heteroatoms.